The minimum Gasteiger partial charge on any atom is -0.497 e. The fourth-order valence-electron chi connectivity index (χ4n) is 1.57. The van der Waals surface area contributed by atoms with Gasteiger partial charge in [0.05, 0.1) is 7.11 Å². The quantitative estimate of drug-likeness (QED) is 0.733. The van der Waals surface area contributed by atoms with Crippen LogP contribution in [-0.4, -0.2) is 7.11 Å². The second-order valence-electron chi connectivity index (χ2n) is 3.78. The Morgan fingerprint density at radius 1 is 1.11 bits per heavy atom. The Morgan fingerprint density at radius 3 is 2.50 bits per heavy atom. The summed E-state index contributed by atoms with van der Waals surface area (Å²) in [5.74, 6) is -0.133. The van der Waals surface area contributed by atoms with E-state index in [0.29, 0.717) is 16.9 Å². The van der Waals surface area contributed by atoms with Crippen molar-refractivity contribution in [1.29, 1.82) is 0 Å². The third-order valence-electron chi connectivity index (χ3n) is 2.51. The Kier molecular flexibility index (Phi) is 3.72. The third kappa shape index (κ3) is 2.94. The zero-order chi connectivity index (χ0) is 13.0. The van der Waals surface area contributed by atoms with E-state index in [4.69, 9.17) is 4.74 Å². The van der Waals surface area contributed by atoms with Crippen LogP contribution in [0.2, 0.25) is 0 Å². The molecule has 2 aromatic carbocycles. The van der Waals surface area contributed by atoms with Gasteiger partial charge in [0.25, 0.3) is 0 Å². The number of halogens is 2. The maximum Gasteiger partial charge on any atom is 0.131 e. The predicted octanol–water partition coefficient (Wildman–Crippen LogP) is 4.30. The minimum absolute atomic E-state index is 0.346. The van der Waals surface area contributed by atoms with Gasteiger partial charge in [-0.25, -0.2) is 8.78 Å². The van der Waals surface area contributed by atoms with E-state index in [2.05, 4.69) is 0 Å². The van der Waals surface area contributed by atoms with Crippen molar-refractivity contribution < 1.29 is 13.5 Å². The van der Waals surface area contributed by atoms with Crippen LogP contribution in [0.15, 0.2) is 48.5 Å². The van der Waals surface area contributed by atoms with Crippen LogP contribution < -0.4 is 4.74 Å². The molecule has 0 spiro atoms. The monoisotopic (exact) mass is 246 g/mol. The molecular formula is C15H12F2O. The summed E-state index contributed by atoms with van der Waals surface area (Å²) in [6.45, 7) is 0. The highest BCUT2D eigenvalue weighted by Crippen LogP contribution is 2.21. The van der Waals surface area contributed by atoms with Gasteiger partial charge in [-0.2, -0.15) is 0 Å². The molecule has 0 saturated heterocycles. The number of methoxy groups -OCH3 is 1. The average Bonchev–Trinajstić information content (AvgIpc) is 2.39. The first-order valence-corrected chi connectivity index (χ1v) is 5.46. The second-order valence-corrected chi connectivity index (χ2v) is 3.78. The van der Waals surface area contributed by atoms with Crippen LogP contribution in [0.1, 0.15) is 11.1 Å². The van der Waals surface area contributed by atoms with Crippen molar-refractivity contribution in [2.75, 3.05) is 7.11 Å². The molecule has 0 aliphatic carbocycles. The summed E-state index contributed by atoms with van der Waals surface area (Å²) in [5.41, 5.74) is 1.04. The number of benzene rings is 2. The highest BCUT2D eigenvalue weighted by atomic mass is 19.1. The molecule has 0 radical (unpaired) electrons. The molecule has 0 unspecified atom stereocenters. The van der Waals surface area contributed by atoms with Crippen molar-refractivity contribution in [3.05, 3.63) is 65.5 Å². The third-order valence-corrected chi connectivity index (χ3v) is 2.51. The van der Waals surface area contributed by atoms with E-state index in [1.165, 1.54) is 30.3 Å². The SMILES string of the molecule is COc1cccc(/C=C(/F)c2ccc(F)cc2)c1. The lowest BCUT2D eigenvalue weighted by Gasteiger charge is -2.01. The number of rotatable bonds is 3. The predicted molar refractivity (Wildman–Crippen MR) is 68.4 cm³/mol. The average molecular weight is 246 g/mol. The van der Waals surface area contributed by atoms with Gasteiger partial charge >= 0.3 is 0 Å². The highest BCUT2D eigenvalue weighted by molar-refractivity contribution is 5.77. The lowest BCUT2D eigenvalue weighted by molar-refractivity contribution is 0.414. The molecule has 18 heavy (non-hydrogen) atoms. The van der Waals surface area contributed by atoms with E-state index in [1.54, 1.807) is 31.4 Å². The first kappa shape index (κ1) is 12.3. The second kappa shape index (κ2) is 5.45. The van der Waals surface area contributed by atoms with Gasteiger partial charge in [0.2, 0.25) is 0 Å². The van der Waals surface area contributed by atoms with Crippen LogP contribution in [-0.2, 0) is 0 Å². The van der Waals surface area contributed by atoms with Gasteiger partial charge in [0.15, 0.2) is 0 Å². The van der Waals surface area contributed by atoms with Gasteiger partial charge in [-0.3, -0.25) is 0 Å². The standard InChI is InChI=1S/C15H12F2O/c1-18-14-4-2-3-11(9-14)10-15(17)12-5-7-13(16)8-6-12/h2-10H,1H3/b15-10+. The molecule has 0 bridgehead atoms. The molecule has 0 heterocycles. The normalized spacial score (nSPS) is 11.4. The van der Waals surface area contributed by atoms with E-state index in [0.717, 1.165) is 0 Å². The van der Waals surface area contributed by atoms with Crippen LogP contribution in [0.3, 0.4) is 0 Å². The van der Waals surface area contributed by atoms with Crippen molar-refractivity contribution in [2.45, 2.75) is 0 Å². The fourth-order valence-corrected chi connectivity index (χ4v) is 1.57. The van der Waals surface area contributed by atoms with Gasteiger partial charge in [-0.15, -0.1) is 0 Å². The molecule has 3 heteroatoms. The van der Waals surface area contributed by atoms with Crippen molar-refractivity contribution in [1.82, 2.24) is 0 Å². The van der Waals surface area contributed by atoms with E-state index >= 15 is 0 Å². The van der Waals surface area contributed by atoms with E-state index < -0.39 is 5.83 Å². The summed E-state index contributed by atoms with van der Waals surface area (Å²) in [4.78, 5) is 0. The van der Waals surface area contributed by atoms with Gasteiger partial charge in [-0.05, 0) is 48.0 Å². The van der Waals surface area contributed by atoms with Crippen LogP contribution in [0.25, 0.3) is 11.9 Å². The van der Waals surface area contributed by atoms with Crippen LogP contribution in [0.4, 0.5) is 8.78 Å². The highest BCUT2D eigenvalue weighted by Gasteiger charge is 2.01. The molecule has 0 fully saturated rings. The first-order chi connectivity index (χ1) is 8.69. The Labute approximate surface area is 104 Å². The maximum absolute atomic E-state index is 13.9. The van der Waals surface area contributed by atoms with Gasteiger partial charge < -0.3 is 4.74 Å². The number of hydrogen-bond donors (Lipinski definition) is 0. The van der Waals surface area contributed by atoms with E-state index in [1.807, 2.05) is 0 Å². The summed E-state index contributed by atoms with van der Waals surface area (Å²) < 4.78 is 31.7. The molecule has 1 nitrogen and oxygen atoms in total. The summed E-state index contributed by atoms with van der Waals surface area (Å²) in [5, 5.41) is 0. The maximum atomic E-state index is 13.9. The molecule has 92 valence electrons. The van der Waals surface area contributed by atoms with Crippen molar-refractivity contribution >= 4 is 11.9 Å². The summed E-state index contributed by atoms with van der Waals surface area (Å²) >= 11 is 0. The molecule has 0 amide bonds. The zero-order valence-corrected chi connectivity index (χ0v) is 9.86. The van der Waals surface area contributed by atoms with Crippen LogP contribution in [0, 0.1) is 5.82 Å². The summed E-state index contributed by atoms with van der Waals surface area (Å²) in [6.07, 6.45) is 1.38. The largest absolute Gasteiger partial charge is 0.497 e. The minimum atomic E-state index is -0.414. The lowest BCUT2D eigenvalue weighted by atomic mass is 10.1. The van der Waals surface area contributed by atoms with E-state index in [-0.39, 0.29) is 5.82 Å². The van der Waals surface area contributed by atoms with Crippen LogP contribution in [0.5, 0.6) is 5.75 Å². The summed E-state index contributed by atoms with van der Waals surface area (Å²) in [6, 6.07) is 12.3. The van der Waals surface area contributed by atoms with Crippen LogP contribution >= 0.6 is 0 Å². The van der Waals surface area contributed by atoms with E-state index in [9.17, 15) is 8.78 Å². The molecule has 0 aromatic heterocycles. The Hall–Kier alpha value is -2.16. The first-order valence-electron chi connectivity index (χ1n) is 5.46. The smallest absolute Gasteiger partial charge is 0.131 e. The molecular weight excluding hydrogens is 234 g/mol. The Balaban J connectivity index is 2.29. The molecule has 0 aliphatic rings. The topological polar surface area (TPSA) is 9.23 Å². The van der Waals surface area contributed by atoms with Crippen molar-refractivity contribution in [2.24, 2.45) is 0 Å². The molecule has 2 aromatic rings. The van der Waals surface area contributed by atoms with Crippen molar-refractivity contribution in [3.8, 4) is 5.75 Å². The zero-order valence-electron chi connectivity index (χ0n) is 9.86. The van der Waals surface area contributed by atoms with Gasteiger partial charge in [-0.1, -0.05) is 12.1 Å². The van der Waals surface area contributed by atoms with Gasteiger partial charge in [0.1, 0.15) is 17.4 Å². The summed E-state index contributed by atoms with van der Waals surface area (Å²) in [7, 11) is 1.55. The Bertz CT molecular complexity index is 559. The Morgan fingerprint density at radius 2 is 1.83 bits per heavy atom. The van der Waals surface area contributed by atoms with Gasteiger partial charge in [0, 0.05) is 5.56 Å². The molecule has 0 saturated carbocycles. The molecule has 0 atom stereocenters. The lowest BCUT2D eigenvalue weighted by Crippen LogP contribution is -1.83. The number of ether oxygens (including phenoxy) is 1. The molecule has 2 rings (SSSR count). The molecule has 0 aliphatic heterocycles. The number of hydrogen-bond acceptors (Lipinski definition) is 1. The van der Waals surface area contributed by atoms with Crippen molar-refractivity contribution in [3.63, 3.8) is 0 Å². The fraction of sp³-hybridized carbons (Fsp3) is 0.0667. The molecule has 0 N–H and O–H groups in total.